The number of hydrazone groups is 1. The Bertz CT molecular complexity index is 726. The number of thiophene rings is 1. The molecule has 0 bridgehead atoms. The van der Waals surface area contributed by atoms with E-state index in [0.29, 0.717) is 13.0 Å². The van der Waals surface area contributed by atoms with Crippen LogP contribution in [0.25, 0.3) is 0 Å². The highest BCUT2D eigenvalue weighted by Crippen LogP contribution is 2.25. The lowest BCUT2D eigenvalue weighted by Gasteiger charge is -2.11. The number of carbonyl (C=O) groups is 1. The normalized spacial score (nSPS) is 14.1. The van der Waals surface area contributed by atoms with Crippen molar-refractivity contribution in [1.82, 2.24) is 5.01 Å². The maximum absolute atomic E-state index is 12.4. The number of nitrogens with zero attached hydrogens (tertiary/aromatic N) is 2. The monoisotopic (exact) mass is 334 g/mol. The van der Waals surface area contributed by atoms with E-state index in [1.165, 1.54) is 11.3 Å². The third-order valence-electron chi connectivity index (χ3n) is 3.44. The fraction of sp³-hybridized carbons (Fsp3) is 0.250. The summed E-state index contributed by atoms with van der Waals surface area (Å²) in [6.45, 7) is 0.619. The van der Waals surface area contributed by atoms with Crippen LogP contribution in [0.1, 0.15) is 16.9 Å². The van der Waals surface area contributed by atoms with Crippen LogP contribution in [0.3, 0.4) is 0 Å². The summed E-state index contributed by atoms with van der Waals surface area (Å²) < 4.78 is 5.91. The zero-order chi connectivity index (χ0) is 15.5. The van der Waals surface area contributed by atoms with Crippen molar-refractivity contribution in [3.8, 4) is 5.75 Å². The fourth-order valence-corrected chi connectivity index (χ4v) is 3.38. The van der Waals surface area contributed by atoms with Crippen LogP contribution in [0.4, 0.5) is 0 Å². The average Bonchev–Trinajstić information content (AvgIpc) is 3.16. The van der Waals surface area contributed by atoms with E-state index in [9.17, 15) is 4.79 Å². The minimum Gasteiger partial charge on any atom is -0.497 e. The first-order valence-corrected chi connectivity index (χ1v) is 8.11. The Hall–Kier alpha value is -1.85. The summed E-state index contributed by atoms with van der Waals surface area (Å²) in [5.74, 6) is 0.745. The van der Waals surface area contributed by atoms with Gasteiger partial charge in [-0.1, -0.05) is 23.7 Å². The number of hydrogen-bond acceptors (Lipinski definition) is 4. The molecule has 0 N–H and O–H groups in total. The molecule has 1 aromatic heterocycles. The van der Waals surface area contributed by atoms with Crippen LogP contribution in [0.2, 0.25) is 4.34 Å². The van der Waals surface area contributed by atoms with Gasteiger partial charge in [0.15, 0.2) is 0 Å². The molecule has 2 aromatic rings. The third kappa shape index (κ3) is 3.31. The van der Waals surface area contributed by atoms with Crippen LogP contribution in [0.5, 0.6) is 5.75 Å². The van der Waals surface area contributed by atoms with E-state index in [0.717, 1.165) is 32.7 Å². The number of rotatable bonds is 4. The molecule has 0 fully saturated rings. The number of halogens is 1. The summed E-state index contributed by atoms with van der Waals surface area (Å²) in [6, 6.07) is 11.3. The van der Waals surface area contributed by atoms with Gasteiger partial charge in [-0.3, -0.25) is 4.79 Å². The molecule has 1 aliphatic rings. The summed E-state index contributed by atoms with van der Waals surface area (Å²) in [7, 11) is 1.62. The summed E-state index contributed by atoms with van der Waals surface area (Å²) >= 11 is 7.43. The van der Waals surface area contributed by atoms with Crippen molar-refractivity contribution in [3.05, 3.63) is 51.2 Å². The van der Waals surface area contributed by atoms with E-state index in [1.54, 1.807) is 12.1 Å². The first kappa shape index (κ1) is 15.1. The van der Waals surface area contributed by atoms with Crippen molar-refractivity contribution >= 4 is 34.6 Å². The maximum Gasteiger partial charge on any atom is 0.247 e. The number of hydrogen-bond donors (Lipinski definition) is 0. The minimum atomic E-state index is -0.00842. The average molecular weight is 335 g/mol. The highest BCUT2D eigenvalue weighted by atomic mass is 35.5. The Kier molecular flexibility index (Phi) is 4.45. The highest BCUT2D eigenvalue weighted by Gasteiger charge is 2.22. The Balaban J connectivity index is 1.69. The number of carbonyl (C=O) groups excluding carboxylic acids is 1. The molecule has 1 amide bonds. The Morgan fingerprint density at radius 2 is 2.27 bits per heavy atom. The number of ether oxygens (including phenoxy) is 1. The predicted molar refractivity (Wildman–Crippen MR) is 88.9 cm³/mol. The highest BCUT2D eigenvalue weighted by molar-refractivity contribution is 7.18. The van der Waals surface area contributed by atoms with Crippen LogP contribution < -0.4 is 4.74 Å². The molecule has 0 saturated heterocycles. The number of methoxy groups -OCH3 is 1. The van der Waals surface area contributed by atoms with Gasteiger partial charge in [0.1, 0.15) is 5.75 Å². The molecule has 4 nitrogen and oxygen atoms in total. The van der Waals surface area contributed by atoms with E-state index in [-0.39, 0.29) is 5.91 Å². The van der Waals surface area contributed by atoms with Gasteiger partial charge in [-0.25, -0.2) is 5.01 Å². The van der Waals surface area contributed by atoms with Gasteiger partial charge in [0.25, 0.3) is 0 Å². The second kappa shape index (κ2) is 6.50. The van der Waals surface area contributed by atoms with E-state index < -0.39 is 0 Å². The molecule has 2 heterocycles. The van der Waals surface area contributed by atoms with E-state index in [1.807, 2.05) is 36.4 Å². The van der Waals surface area contributed by atoms with Crippen LogP contribution in [0, 0.1) is 0 Å². The zero-order valence-corrected chi connectivity index (χ0v) is 13.7. The Morgan fingerprint density at radius 1 is 1.41 bits per heavy atom. The fourth-order valence-electron chi connectivity index (χ4n) is 2.33. The van der Waals surface area contributed by atoms with Gasteiger partial charge < -0.3 is 4.74 Å². The van der Waals surface area contributed by atoms with Crippen molar-refractivity contribution in [3.63, 3.8) is 0 Å². The lowest BCUT2D eigenvalue weighted by atomic mass is 10.1. The largest absolute Gasteiger partial charge is 0.497 e. The molecule has 114 valence electrons. The summed E-state index contributed by atoms with van der Waals surface area (Å²) in [6.07, 6.45) is 1.08. The van der Waals surface area contributed by atoms with E-state index >= 15 is 0 Å². The first-order chi connectivity index (χ1) is 10.7. The number of amides is 1. The lowest BCUT2D eigenvalue weighted by Crippen LogP contribution is -2.25. The second-order valence-corrected chi connectivity index (χ2v) is 6.66. The van der Waals surface area contributed by atoms with Gasteiger partial charge in [0.05, 0.1) is 35.0 Å². The van der Waals surface area contributed by atoms with Gasteiger partial charge in [-0.2, -0.15) is 5.10 Å². The Labute approximate surface area is 138 Å². The van der Waals surface area contributed by atoms with Crippen molar-refractivity contribution in [1.29, 1.82) is 0 Å². The van der Waals surface area contributed by atoms with Gasteiger partial charge in [-0.15, -0.1) is 11.3 Å². The molecule has 0 atom stereocenters. The van der Waals surface area contributed by atoms with Crippen molar-refractivity contribution in [2.24, 2.45) is 5.10 Å². The van der Waals surface area contributed by atoms with Crippen molar-refractivity contribution < 1.29 is 9.53 Å². The van der Waals surface area contributed by atoms with Crippen molar-refractivity contribution in [2.45, 2.75) is 12.8 Å². The standard InChI is InChI=1S/C16H15ClN2O2S/c1-21-12-4-2-3-11(9-12)10-16(20)19-8-7-13(18-19)14-5-6-15(17)22-14/h2-6,9H,7-8,10H2,1H3. The van der Waals surface area contributed by atoms with Crippen LogP contribution in [-0.4, -0.2) is 30.3 Å². The third-order valence-corrected chi connectivity index (χ3v) is 4.72. The van der Waals surface area contributed by atoms with Crippen LogP contribution in [-0.2, 0) is 11.2 Å². The summed E-state index contributed by atoms with van der Waals surface area (Å²) in [5, 5.41) is 5.98. The molecule has 22 heavy (non-hydrogen) atoms. The van der Waals surface area contributed by atoms with Gasteiger partial charge in [0, 0.05) is 6.42 Å². The quantitative estimate of drug-likeness (QED) is 0.857. The second-order valence-electron chi connectivity index (χ2n) is 4.95. The van der Waals surface area contributed by atoms with Crippen LogP contribution in [0.15, 0.2) is 41.5 Å². The summed E-state index contributed by atoms with van der Waals surface area (Å²) in [5.41, 5.74) is 1.85. The molecule has 1 aliphatic heterocycles. The van der Waals surface area contributed by atoms with E-state index in [2.05, 4.69) is 5.10 Å². The molecule has 0 aliphatic carbocycles. The topological polar surface area (TPSA) is 41.9 Å². The minimum absolute atomic E-state index is 0.00842. The molecule has 0 saturated carbocycles. The van der Waals surface area contributed by atoms with E-state index in [4.69, 9.17) is 16.3 Å². The van der Waals surface area contributed by atoms with Gasteiger partial charge >= 0.3 is 0 Å². The molecular weight excluding hydrogens is 320 g/mol. The first-order valence-electron chi connectivity index (χ1n) is 6.92. The SMILES string of the molecule is COc1cccc(CC(=O)N2CCC(c3ccc(Cl)s3)=N2)c1. The molecule has 0 radical (unpaired) electrons. The van der Waals surface area contributed by atoms with Gasteiger partial charge in [-0.05, 0) is 29.8 Å². The molecular formula is C16H15ClN2O2S. The van der Waals surface area contributed by atoms with Crippen LogP contribution >= 0.6 is 22.9 Å². The van der Waals surface area contributed by atoms with Crippen molar-refractivity contribution in [2.75, 3.05) is 13.7 Å². The molecule has 3 rings (SSSR count). The Morgan fingerprint density at radius 3 is 3.00 bits per heavy atom. The number of benzene rings is 1. The zero-order valence-electron chi connectivity index (χ0n) is 12.1. The molecule has 0 unspecified atom stereocenters. The maximum atomic E-state index is 12.4. The van der Waals surface area contributed by atoms with Gasteiger partial charge in [0.2, 0.25) is 5.91 Å². The smallest absolute Gasteiger partial charge is 0.247 e. The molecule has 1 aromatic carbocycles. The predicted octanol–water partition coefficient (Wildman–Crippen LogP) is 3.59. The summed E-state index contributed by atoms with van der Waals surface area (Å²) in [4.78, 5) is 13.4. The molecule has 0 spiro atoms. The lowest BCUT2D eigenvalue weighted by molar-refractivity contribution is -0.130. The molecule has 6 heteroatoms.